The highest BCUT2D eigenvalue weighted by atomic mass is 16.2. The first-order valence-electron chi connectivity index (χ1n) is 7.92. The zero-order valence-corrected chi connectivity index (χ0v) is 13.5. The van der Waals surface area contributed by atoms with E-state index in [1.165, 1.54) is 10.6 Å². The molecule has 1 fully saturated rings. The minimum Gasteiger partial charge on any atom is -0.339 e. The number of amides is 2. The van der Waals surface area contributed by atoms with Gasteiger partial charge in [-0.05, 0) is 43.2 Å². The molecule has 0 saturated carbocycles. The number of carbonyl (C=O) groups excluding carboxylic acids is 2. The lowest BCUT2D eigenvalue weighted by molar-refractivity contribution is 0.0792. The summed E-state index contributed by atoms with van der Waals surface area (Å²) < 4.78 is 1.40. The average Bonchev–Trinajstić information content (AvgIpc) is 3.12. The summed E-state index contributed by atoms with van der Waals surface area (Å²) >= 11 is 0. The van der Waals surface area contributed by atoms with E-state index in [-0.39, 0.29) is 17.4 Å². The van der Waals surface area contributed by atoms with E-state index in [4.69, 9.17) is 0 Å². The Balaban J connectivity index is 1.69. The van der Waals surface area contributed by atoms with Crippen molar-refractivity contribution in [2.45, 2.75) is 12.8 Å². The molecule has 0 atom stereocenters. The summed E-state index contributed by atoms with van der Waals surface area (Å²) in [7, 11) is 1.63. The summed E-state index contributed by atoms with van der Waals surface area (Å²) in [5.41, 5.74) is 1.26. The minimum atomic E-state index is -0.355. The molecule has 0 radical (unpaired) electrons. The van der Waals surface area contributed by atoms with Gasteiger partial charge in [0.15, 0.2) is 0 Å². The third-order valence-electron chi connectivity index (χ3n) is 4.15. The number of pyridine rings is 1. The number of hydrogen-bond donors (Lipinski definition) is 1. The van der Waals surface area contributed by atoms with Gasteiger partial charge < -0.3 is 14.8 Å². The van der Waals surface area contributed by atoms with E-state index in [0.29, 0.717) is 16.8 Å². The number of benzene rings is 1. The average molecular weight is 325 g/mol. The van der Waals surface area contributed by atoms with Gasteiger partial charge in [-0.15, -0.1) is 0 Å². The van der Waals surface area contributed by atoms with E-state index >= 15 is 0 Å². The maximum atomic E-state index is 12.3. The van der Waals surface area contributed by atoms with Crippen LogP contribution in [0, 0.1) is 0 Å². The van der Waals surface area contributed by atoms with Gasteiger partial charge in [0.1, 0.15) is 0 Å². The molecule has 1 aliphatic heterocycles. The van der Waals surface area contributed by atoms with Gasteiger partial charge in [0.2, 0.25) is 0 Å². The molecule has 1 N–H and O–H groups in total. The van der Waals surface area contributed by atoms with Crippen molar-refractivity contribution in [3.05, 3.63) is 64.1 Å². The molecule has 2 heterocycles. The van der Waals surface area contributed by atoms with Crippen molar-refractivity contribution in [1.29, 1.82) is 0 Å². The molecular formula is C18H19N3O3. The topological polar surface area (TPSA) is 71.4 Å². The Hall–Kier alpha value is -2.89. The minimum absolute atomic E-state index is 0.0249. The fourth-order valence-electron chi connectivity index (χ4n) is 2.69. The second kappa shape index (κ2) is 6.70. The van der Waals surface area contributed by atoms with Crippen LogP contribution in [0.3, 0.4) is 0 Å². The number of nitrogens with one attached hydrogen (secondary N) is 1. The highest BCUT2D eigenvalue weighted by Gasteiger charge is 2.19. The number of hydrogen-bond acceptors (Lipinski definition) is 3. The fourth-order valence-corrected chi connectivity index (χ4v) is 2.69. The van der Waals surface area contributed by atoms with Gasteiger partial charge in [0.25, 0.3) is 17.4 Å². The molecule has 24 heavy (non-hydrogen) atoms. The maximum absolute atomic E-state index is 12.3. The van der Waals surface area contributed by atoms with Crippen LogP contribution in [0.1, 0.15) is 33.6 Å². The molecule has 1 aliphatic rings. The third kappa shape index (κ3) is 3.37. The third-order valence-corrected chi connectivity index (χ3v) is 4.15. The number of aromatic nitrogens is 1. The van der Waals surface area contributed by atoms with Crippen LogP contribution >= 0.6 is 0 Å². The molecule has 1 saturated heterocycles. The van der Waals surface area contributed by atoms with Crippen molar-refractivity contribution in [2.24, 2.45) is 7.05 Å². The van der Waals surface area contributed by atoms with E-state index in [0.717, 1.165) is 25.9 Å². The van der Waals surface area contributed by atoms with Crippen molar-refractivity contribution in [1.82, 2.24) is 9.47 Å². The SMILES string of the molecule is Cn1ccc(C(=O)Nc2ccc(C(=O)N3CCCC3)cc2)cc1=O. The smallest absolute Gasteiger partial charge is 0.255 e. The Morgan fingerprint density at radius 2 is 1.67 bits per heavy atom. The number of anilines is 1. The summed E-state index contributed by atoms with van der Waals surface area (Å²) in [5.74, 6) is -0.330. The normalized spacial score (nSPS) is 13.8. The van der Waals surface area contributed by atoms with E-state index in [9.17, 15) is 14.4 Å². The molecule has 2 aromatic rings. The van der Waals surface area contributed by atoms with E-state index in [1.807, 2.05) is 4.90 Å². The van der Waals surface area contributed by atoms with E-state index in [2.05, 4.69) is 5.32 Å². The number of carbonyl (C=O) groups is 2. The van der Waals surface area contributed by atoms with Crippen molar-refractivity contribution >= 4 is 17.5 Å². The monoisotopic (exact) mass is 325 g/mol. The molecule has 1 aromatic heterocycles. The number of likely N-dealkylation sites (tertiary alicyclic amines) is 1. The molecule has 0 aliphatic carbocycles. The number of aryl methyl sites for hydroxylation is 1. The first-order chi connectivity index (χ1) is 11.5. The van der Waals surface area contributed by atoms with Crippen LogP contribution in [0.4, 0.5) is 5.69 Å². The Morgan fingerprint density at radius 1 is 1.00 bits per heavy atom. The molecule has 6 nitrogen and oxygen atoms in total. The summed E-state index contributed by atoms with van der Waals surface area (Å²) in [6, 6.07) is 9.69. The lowest BCUT2D eigenvalue weighted by Gasteiger charge is -2.15. The van der Waals surface area contributed by atoms with Gasteiger partial charge >= 0.3 is 0 Å². The molecule has 0 bridgehead atoms. The molecule has 6 heteroatoms. The zero-order chi connectivity index (χ0) is 17.1. The van der Waals surface area contributed by atoms with Crippen LogP contribution in [0.5, 0.6) is 0 Å². The lowest BCUT2D eigenvalue weighted by Crippen LogP contribution is -2.27. The van der Waals surface area contributed by atoms with Gasteiger partial charge in [-0.3, -0.25) is 14.4 Å². The van der Waals surface area contributed by atoms with Gasteiger partial charge in [-0.25, -0.2) is 0 Å². The van der Waals surface area contributed by atoms with Crippen molar-refractivity contribution in [2.75, 3.05) is 18.4 Å². The summed E-state index contributed by atoms with van der Waals surface area (Å²) in [6.07, 6.45) is 3.65. The molecular weight excluding hydrogens is 306 g/mol. The second-order valence-electron chi connectivity index (χ2n) is 5.90. The summed E-state index contributed by atoms with van der Waals surface area (Å²) in [5, 5.41) is 2.73. The van der Waals surface area contributed by atoms with Gasteiger partial charge in [0.05, 0.1) is 0 Å². The zero-order valence-electron chi connectivity index (χ0n) is 13.5. The largest absolute Gasteiger partial charge is 0.339 e. The molecule has 0 spiro atoms. The van der Waals surface area contributed by atoms with E-state index in [1.54, 1.807) is 43.6 Å². The number of rotatable bonds is 3. The highest BCUT2D eigenvalue weighted by Crippen LogP contribution is 2.16. The molecule has 124 valence electrons. The van der Waals surface area contributed by atoms with Gasteiger partial charge in [0, 0.05) is 49.2 Å². The van der Waals surface area contributed by atoms with Crippen LogP contribution in [0.15, 0.2) is 47.4 Å². The first kappa shape index (κ1) is 16.0. The lowest BCUT2D eigenvalue weighted by atomic mass is 10.1. The van der Waals surface area contributed by atoms with Crippen molar-refractivity contribution in [3.8, 4) is 0 Å². The Labute approximate surface area is 139 Å². The Morgan fingerprint density at radius 3 is 2.29 bits per heavy atom. The standard InChI is InChI=1S/C18H19N3O3/c1-20-11-8-14(12-16(20)22)17(23)19-15-6-4-13(5-7-15)18(24)21-9-2-3-10-21/h4-8,11-12H,2-3,9-10H2,1H3,(H,19,23). The summed E-state index contributed by atoms with van der Waals surface area (Å²) in [6.45, 7) is 1.61. The van der Waals surface area contributed by atoms with Gasteiger partial charge in [-0.1, -0.05) is 0 Å². The fraction of sp³-hybridized carbons (Fsp3) is 0.278. The number of nitrogens with zero attached hydrogens (tertiary/aromatic N) is 2. The van der Waals surface area contributed by atoms with Crippen molar-refractivity contribution in [3.63, 3.8) is 0 Å². The molecule has 3 rings (SSSR count). The maximum Gasteiger partial charge on any atom is 0.255 e. The Bertz CT molecular complexity index is 818. The van der Waals surface area contributed by atoms with Crippen LogP contribution in [-0.4, -0.2) is 34.4 Å². The predicted molar refractivity (Wildman–Crippen MR) is 91.2 cm³/mol. The first-order valence-corrected chi connectivity index (χ1v) is 7.92. The van der Waals surface area contributed by atoms with Gasteiger partial charge in [-0.2, -0.15) is 0 Å². The van der Waals surface area contributed by atoms with Crippen molar-refractivity contribution < 1.29 is 9.59 Å². The van der Waals surface area contributed by atoms with Crippen LogP contribution < -0.4 is 10.9 Å². The molecule has 1 aromatic carbocycles. The van der Waals surface area contributed by atoms with Crippen LogP contribution in [0.2, 0.25) is 0 Å². The van der Waals surface area contributed by atoms with Crippen LogP contribution in [0.25, 0.3) is 0 Å². The highest BCUT2D eigenvalue weighted by molar-refractivity contribution is 6.04. The molecule has 2 amide bonds. The quantitative estimate of drug-likeness (QED) is 0.936. The predicted octanol–water partition coefficient (Wildman–Crippen LogP) is 1.87. The van der Waals surface area contributed by atoms with E-state index < -0.39 is 0 Å². The van der Waals surface area contributed by atoms with Crippen LogP contribution in [-0.2, 0) is 7.05 Å². The summed E-state index contributed by atoms with van der Waals surface area (Å²) in [4.78, 5) is 37.9. The molecule has 0 unspecified atom stereocenters. The second-order valence-corrected chi connectivity index (χ2v) is 5.90. The Kier molecular flexibility index (Phi) is 4.46.